The van der Waals surface area contributed by atoms with Gasteiger partial charge in [0.2, 0.25) is 5.91 Å². The van der Waals surface area contributed by atoms with Gasteiger partial charge in [-0.05, 0) is 54.7 Å². The maximum atomic E-state index is 13.7. The Morgan fingerprint density at radius 2 is 1.90 bits per heavy atom. The fraction of sp³-hybridized carbons (Fsp3) is 0.400. The molecule has 2 amide bonds. The molecule has 0 radical (unpaired) electrons. The highest BCUT2D eigenvalue weighted by molar-refractivity contribution is 5.96. The molecule has 39 heavy (non-hydrogen) atoms. The van der Waals surface area contributed by atoms with Crippen LogP contribution in [0.2, 0.25) is 0 Å². The highest BCUT2D eigenvalue weighted by Gasteiger charge is 2.46. The van der Waals surface area contributed by atoms with E-state index in [0.29, 0.717) is 23.1 Å². The van der Waals surface area contributed by atoms with Crippen molar-refractivity contribution in [1.29, 1.82) is 0 Å². The smallest absolute Gasteiger partial charge is 0.417 e. The average Bonchev–Trinajstić information content (AvgIpc) is 3.24. The van der Waals surface area contributed by atoms with Crippen LogP contribution in [-0.2, 0) is 32.4 Å². The molecule has 1 heterocycles. The summed E-state index contributed by atoms with van der Waals surface area (Å²) in [7, 11) is 1.53. The largest absolute Gasteiger partial charge is 0.439 e. The van der Waals surface area contributed by atoms with Crippen molar-refractivity contribution in [3.8, 4) is 0 Å². The van der Waals surface area contributed by atoms with E-state index in [0.717, 1.165) is 22.6 Å². The number of benzene rings is 2. The number of hydrogen-bond donors (Lipinski definition) is 1. The zero-order valence-corrected chi connectivity index (χ0v) is 22.4. The number of nitrogens with two attached hydrogens (primary N) is 1. The Balaban J connectivity index is 1.71. The van der Waals surface area contributed by atoms with Crippen molar-refractivity contribution < 1.29 is 32.2 Å². The molecule has 1 aliphatic carbocycles. The number of cyclic esters (lactones) is 1. The van der Waals surface area contributed by atoms with Gasteiger partial charge in [0.1, 0.15) is 6.10 Å². The molecular formula is C30H33F3N2O4. The van der Waals surface area contributed by atoms with Crippen LogP contribution in [0, 0.1) is 5.92 Å². The van der Waals surface area contributed by atoms with Gasteiger partial charge in [0.05, 0.1) is 23.6 Å². The third-order valence-electron chi connectivity index (χ3n) is 7.89. The number of halogens is 3. The van der Waals surface area contributed by atoms with Crippen LogP contribution in [-0.4, -0.2) is 36.2 Å². The zero-order valence-electron chi connectivity index (χ0n) is 22.4. The molecule has 208 valence electrons. The number of carbonyl (C=O) groups excluding carboxylic acids is 2. The Kier molecular flexibility index (Phi) is 8.04. The summed E-state index contributed by atoms with van der Waals surface area (Å²) in [5.41, 5.74) is 6.64. The average molecular weight is 543 g/mol. The van der Waals surface area contributed by atoms with E-state index in [-0.39, 0.29) is 6.54 Å². The molecule has 1 saturated heterocycles. The molecule has 2 unspecified atom stereocenters. The lowest BCUT2D eigenvalue weighted by atomic mass is 9.67. The van der Waals surface area contributed by atoms with Gasteiger partial charge in [0.25, 0.3) is 0 Å². The minimum atomic E-state index is -4.50. The lowest BCUT2D eigenvalue weighted by Crippen LogP contribution is -2.44. The van der Waals surface area contributed by atoms with Gasteiger partial charge in [-0.15, -0.1) is 0 Å². The molecule has 9 heteroatoms. The summed E-state index contributed by atoms with van der Waals surface area (Å²) in [6.45, 7) is 5.29. The third kappa shape index (κ3) is 5.13. The minimum Gasteiger partial charge on any atom is -0.439 e. The molecule has 1 aliphatic heterocycles. The first-order valence-corrected chi connectivity index (χ1v) is 12.9. The number of methoxy groups -OCH3 is 1. The molecular weight excluding hydrogens is 509 g/mol. The third-order valence-corrected chi connectivity index (χ3v) is 7.89. The number of alkyl halides is 3. The van der Waals surface area contributed by atoms with E-state index in [1.165, 1.54) is 13.2 Å². The normalized spacial score (nSPS) is 25.8. The number of nitrogens with zero attached hydrogens (tertiary/aromatic N) is 1. The van der Waals surface area contributed by atoms with Crippen LogP contribution in [0.25, 0.3) is 0 Å². The topological polar surface area (TPSA) is 81.9 Å². The number of carbonyl (C=O) groups is 2. The van der Waals surface area contributed by atoms with Gasteiger partial charge in [0.15, 0.2) is 0 Å². The van der Waals surface area contributed by atoms with E-state index in [2.05, 4.69) is 0 Å². The SMILES string of the molecule is CCC1(c2ccc(C(F)(F)F)cc2CN)C=C([C@H](C)C(=O)N2C(=O)O[C@@H](c3ccccc3)[C@H]2C)C=CC1OC. The fourth-order valence-electron chi connectivity index (χ4n) is 5.67. The van der Waals surface area contributed by atoms with Crippen molar-refractivity contribution in [3.05, 3.63) is 94.6 Å². The van der Waals surface area contributed by atoms with Crippen molar-refractivity contribution >= 4 is 12.0 Å². The van der Waals surface area contributed by atoms with Crippen molar-refractivity contribution in [2.75, 3.05) is 7.11 Å². The summed E-state index contributed by atoms with van der Waals surface area (Å²) >= 11 is 0. The van der Waals surface area contributed by atoms with Gasteiger partial charge < -0.3 is 15.2 Å². The van der Waals surface area contributed by atoms with E-state index in [1.54, 1.807) is 26.0 Å². The molecule has 1 fully saturated rings. The first-order chi connectivity index (χ1) is 18.5. The number of rotatable bonds is 7. The van der Waals surface area contributed by atoms with Gasteiger partial charge >= 0.3 is 12.3 Å². The number of amides is 2. The highest BCUT2D eigenvalue weighted by Crippen LogP contribution is 2.44. The van der Waals surface area contributed by atoms with Gasteiger partial charge in [-0.25, -0.2) is 9.69 Å². The number of ether oxygens (including phenoxy) is 2. The van der Waals surface area contributed by atoms with Gasteiger partial charge in [-0.2, -0.15) is 13.2 Å². The van der Waals surface area contributed by atoms with Gasteiger partial charge in [0, 0.05) is 19.1 Å². The van der Waals surface area contributed by atoms with Crippen LogP contribution < -0.4 is 5.73 Å². The highest BCUT2D eigenvalue weighted by atomic mass is 19.4. The predicted octanol–water partition coefficient (Wildman–Crippen LogP) is 6.07. The molecule has 5 atom stereocenters. The maximum Gasteiger partial charge on any atom is 0.417 e. The monoisotopic (exact) mass is 542 g/mol. The Hall–Kier alpha value is -3.43. The molecule has 2 N–H and O–H groups in total. The van der Waals surface area contributed by atoms with Gasteiger partial charge in [-0.3, -0.25) is 4.79 Å². The van der Waals surface area contributed by atoms with Crippen molar-refractivity contribution in [2.45, 2.75) is 63.6 Å². The van der Waals surface area contributed by atoms with Crippen LogP contribution >= 0.6 is 0 Å². The van der Waals surface area contributed by atoms with Crippen molar-refractivity contribution in [3.63, 3.8) is 0 Å². The molecule has 0 spiro atoms. The summed E-state index contributed by atoms with van der Waals surface area (Å²) in [6.07, 6.45) is -0.375. The molecule has 0 bridgehead atoms. The number of allylic oxidation sites excluding steroid dienone is 1. The first kappa shape index (κ1) is 28.6. The summed E-state index contributed by atoms with van der Waals surface area (Å²) in [6, 6.07) is 12.3. The Morgan fingerprint density at radius 1 is 1.21 bits per heavy atom. The van der Waals surface area contributed by atoms with Crippen LogP contribution in [0.1, 0.15) is 55.5 Å². The lowest BCUT2D eigenvalue weighted by molar-refractivity contribution is -0.137. The van der Waals surface area contributed by atoms with E-state index in [9.17, 15) is 22.8 Å². The summed E-state index contributed by atoms with van der Waals surface area (Å²) in [5, 5.41) is 0. The van der Waals surface area contributed by atoms with Crippen LogP contribution in [0.3, 0.4) is 0 Å². The second-order valence-electron chi connectivity index (χ2n) is 10.0. The quantitative estimate of drug-likeness (QED) is 0.460. The Labute approximate surface area is 226 Å². The Morgan fingerprint density at radius 3 is 2.49 bits per heavy atom. The van der Waals surface area contributed by atoms with E-state index < -0.39 is 53.3 Å². The fourth-order valence-corrected chi connectivity index (χ4v) is 5.67. The molecule has 2 aromatic rings. The predicted molar refractivity (Wildman–Crippen MR) is 140 cm³/mol. The standard InChI is InChI=1S/C30H33F3N2O4/c1-5-29(24-13-12-23(30(31,32)33)15-22(24)17-34)16-21(11-14-25(29)38-4)18(2)27(36)35-19(3)26(39-28(35)37)20-9-7-6-8-10-20/h6-16,18-19,25-26H,5,17,34H2,1-4H3/t18-,19+,25?,26+,29?/m0/s1. The van der Waals surface area contributed by atoms with Gasteiger partial charge in [-0.1, -0.05) is 61.5 Å². The minimum absolute atomic E-state index is 0.100. The Bertz CT molecular complexity index is 1290. The van der Waals surface area contributed by atoms with E-state index in [4.69, 9.17) is 15.2 Å². The van der Waals surface area contributed by atoms with Crippen LogP contribution in [0.5, 0.6) is 0 Å². The molecule has 4 rings (SSSR count). The van der Waals surface area contributed by atoms with Crippen LogP contribution in [0.15, 0.2) is 72.3 Å². The molecule has 2 aliphatic rings. The number of imide groups is 1. The summed E-state index contributed by atoms with van der Waals surface area (Å²) in [4.78, 5) is 27.6. The van der Waals surface area contributed by atoms with Crippen LogP contribution in [0.4, 0.5) is 18.0 Å². The summed E-state index contributed by atoms with van der Waals surface area (Å²) in [5.74, 6) is -1.15. The number of hydrogen-bond acceptors (Lipinski definition) is 5. The van der Waals surface area contributed by atoms with Crippen molar-refractivity contribution in [1.82, 2.24) is 4.90 Å². The summed E-state index contributed by atoms with van der Waals surface area (Å²) < 4.78 is 51.6. The molecule has 6 nitrogen and oxygen atoms in total. The lowest BCUT2D eigenvalue weighted by Gasteiger charge is -2.41. The maximum absolute atomic E-state index is 13.7. The van der Waals surface area contributed by atoms with E-state index >= 15 is 0 Å². The van der Waals surface area contributed by atoms with Crippen molar-refractivity contribution in [2.24, 2.45) is 11.7 Å². The molecule has 0 aromatic heterocycles. The molecule has 2 aromatic carbocycles. The van der Waals surface area contributed by atoms with E-state index in [1.807, 2.05) is 43.3 Å². The second-order valence-corrected chi connectivity index (χ2v) is 10.0. The molecule has 0 saturated carbocycles. The zero-order chi connectivity index (χ0) is 28.5. The first-order valence-electron chi connectivity index (χ1n) is 12.9. The second kappa shape index (κ2) is 11.0.